The molecule has 0 bridgehead atoms. The monoisotopic (exact) mass is 387 g/mol. The second-order valence-corrected chi connectivity index (χ2v) is 7.20. The van der Waals surface area contributed by atoms with Gasteiger partial charge in [0.1, 0.15) is 0 Å². The number of hydrogen-bond donors (Lipinski definition) is 1. The molecule has 0 aromatic heterocycles. The first kappa shape index (κ1) is 20.0. The Labute approximate surface area is 157 Å². The van der Waals surface area contributed by atoms with Gasteiger partial charge in [0.2, 0.25) is 5.91 Å². The molecule has 1 saturated heterocycles. The van der Waals surface area contributed by atoms with Gasteiger partial charge < -0.3 is 14.7 Å². The van der Waals surface area contributed by atoms with Crippen LogP contribution >= 0.6 is 23.2 Å². The van der Waals surface area contributed by atoms with Crippen LogP contribution in [0.2, 0.25) is 10.0 Å². The fourth-order valence-electron chi connectivity index (χ4n) is 3.07. The van der Waals surface area contributed by atoms with E-state index in [0.717, 1.165) is 18.4 Å². The summed E-state index contributed by atoms with van der Waals surface area (Å²) in [5.74, 6) is -1.24. The lowest BCUT2D eigenvalue weighted by atomic mass is 9.97. The average molecular weight is 388 g/mol. The molecule has 1 atom stereocenters. The maximum absolute atomic E-state index is 13.0. The van der Waals surface area contributed by atoms with Crippen LogP contribution < -0.4 is 0 Å². The van der Waals surface area contributed by atoms with Crippen LogP contribution in [0, 0.1) is 5.92 Å². The first-order chi connectivity index (χ1) is 11.9. The third kappa shape index (κ3) is 5.87. The molecule has 1 aliphatic heterocycles. The van der Waals surface area contributed by atoms with Gasteiger partial charge in [-0.25, -0.2) is 0 Å². The molecule has 2 rings (SSSR count). The van der Waals surface area contributed by atoms with Crippen LogP contribution in [0.25, 0.3) is 0 Å². The minimum absolute atomic E-state index is 0.0312. The van der Waals surface area contributed by atoms with Crippen molar-refractivity contribution in [2.45, 2.75) is 38.6 Å². The van der Waals surface area contributed by atoms with Gasteiger partial charge in [-0.1, -0.05) is 36.2 Å². The number of carbonyl (C=O) groups is 2. The molecule has 1 aliphatic rings. The van der Waals surface area contributed by atoms with Crippen molar-refractivity contribution < 1.29 is 19.4 Å². The number of hydrogen-bond acceptors (Lipinski definition) is 3. The van der Waals surface area contributed by atoms with Crippen molar-refractivity contribution in [1.29, 1.82) is 0 Å². The van der Waals surface area contributed by atoms with Crippen molar-refractivity contribution in [3.05, 3.63) is 33.8 Å². The molecule has 0 spiro atoms. The fourth-order valence-corrected chi connectivity index (χ4v) is 3.56. The maximum Gasteiger partial charge on any atom is 0.305 e. The molecule has 1 heterocycles. The van der Waals surface area contributed by atoms with Crippen LogP contribution in [-0.2, 0) is 20.7 Å². The number of carboxylic acids is 1. The van der Waals surface area contributed by atoms with E-state index in [2.05, 4.69) is 0 Å². The third-order valence-corrected chi connectivity index (χ3v) is 5.03. The van der Waals surface area contributed by atoms with Crippen molar-refractivity contribution in [2.24, 2.45) is 5.92 Å². The predicted octanol–water partition coefficient (Wildman–Crippen LogP) is 3.65. The highest BCUT2D eigenvalue weighted by atomic mass is 35.5. The maximum atomic E-state index is 13.0. The summed E-state index contributed by atoms with van der Waals surface area (Å²) in [6, 6.07) is 5.27. The van der Waals surface area contributed by atoms with Crippen LogP contribution in [0.15, 0.2) is 18.2 Å². The summed E-state index contributed by atoms with van der Waals surface area (Å²) in [5, 5.41) is 10.1. The van der Waals surface area contributed by atoms with Gasteiger partial charge in [0.25, 0.3) is 0 Å². The van der Waals surface area contributed by atoms with Gasteiger partial charge in [0, 0.05) is 41.8 Å². The van der Waals surface area contributed by atoms with Gasteiger partial charge in [-0.3, -0.25) is 9.59 Å². The van der Waals surface area contributed by atoms with Gasteiger partial charge in [-0.15, -0.1) is 0 Å². The number of halogens is 2. The Morgan fingerprint density at radius 2 is 2.00 bits per heavy atom. The van der Waals surface area contributed by atoms with E-state index in [1.807, 2.05) is 13.0 Å². The number of aliphatic carboxylic acids is 1. The van der Waals surface area contributed by atoms with Crippen LogP contribution in [0.3, 0.4) is 0 Å². The van der Waals surface area contributed by atoms with Gasteiger partial charge in [-0.05, 0) is 37.0 Å². The van der Waals surface area contributed by atoms with Gasteiger partial charge >= 0.3 is 5.97 Å². The lowest BCUT2D eigenvalue weighted by molar-refractivity contribution is -0.142. The van der Waals surface area contributed by atoms with Gasteiger partial charge in [0.15, 0.2) is 0 Å². The first-order valence-corrected chi connectivity index (χ1v) is 9.18. The Balaban J connectivity index is 2.08. The van der Waals surface area contributed by atoms with Crippen molar-refractivity contribution in [3.8, 4) is 0 Å². The SMILES string of the molecule is C[C@@H](Cc1ccc(Cl)cc1Cl)C(=O)N(CCC(=O)O)C1CCOCC1. The third-order valence-electron chi connectivity index (χ3n) is 4.44. The Morgan fingerprint density at radius 1 is 1.32 bits per heavy atom. The average Bonchev–Trinajstić information content (AvgIpc) is 2.58. The van der Waals surface area contributed by atoms with Gasteiger partial charge in [-0.2, -0.15) is 0 Å². The number of carbonyl (C=O) groups excluding carboxylic acids is 1. The fraction of sp³-hybridized carbons (Fsp3) is 0.556. The highest BCUT2D eigenvalue weighted by Gasteiger charge is 2.29. The summed E-state index contributed by atoms with van der Waals surface area (Å²) < 4.78 is 5.35. The van der Waals surface area contributed by atoms with Gasteiger partial charge in [0.05, 0.1) is 6.42 Å². The summed E-state index contributed by atoms with van der Waals surface area (Å²) in [4.78, 5) is 25.6. The highest BCUT2D eigenvalue weighted by Crippen LogP contribution is 2.25. The van der Waals surface area contributed by atoms with E-state index < -0.39 is 5.97 Å². The molecule has 0 unspecified atom stereocenters. The van der Waals surface area contributed by atoms with Crippen LogP contribution in [-0.4, -0.2) is 47.7 Å². The molecule has 25 heavy (non-hydrogen) atoms. The van der Waals surface area contributed by atoms with E-state index in [-0.39, 0.29) is 30.8 Å². The molecular weight excluding hydrogens is 365 g/mol. The van der Waals surface area contributed by atoms with E-state index in [1.165, 1.54) is 0 Å². The van der Waals surface area contributed by atoms with Crippen molar-refractivity contribution >= 4 is 35.1 Å². The van der Waals surface area contributed by atoms with E-state index in [1.54, 1.807) is 17.0 Å². The number of rotatable bonds is 7. The van der Waals surface area contributed by atoms with Crippen LogP contribution in [0.5, 0.6) is 0 Å². The molecule has 1 amide bonds. The summed E-state index contributed by atoms with van der Waals surface area (Å²) in [5.41, 5.74) is 0.858. The zero-order valence-corrected chi connectivity index (χ0v) is 15.7. The standard InChI is InChI=1S/C18H23Cl2NO4/c1-12(10-13-2-3-14(19)11-16(13)20)18(24)21(7-4-17(22)23)15-5-8-25-9-6-15/h2-3,11-12,15H,4-10H2,1H3,(H,22,23)/t12-/m0/s1. The molecule has 0 radical (unpaired) electrons. The smallest absolute Gasteiger partial charge is 0.305 e. The van der Waals surface area contributed by atoms with Crippen molar-refractivity contribution in [2.75, 3.05) is 19.8 Å². The summed E-state index contributed by atoms with van der Waals surface area (Å²) in [6.07, 6.45) is 1.90. The number of carboxylic acid groups (broad SMARTS) is 1. The summed E-state index contributed by atoms with van der Waals surface area (Å²) in [6.45, 7) is 3.26. The molecule has 138 valence electrons. The van der Waals surface area contributed by atoms with E-state index in [4.69, 9.17) is 33.0 Å². The topological polar surface area (TPSA) is 66.8 Å². The molecule has 1 fully saturated rings. The minimum Gasteiger partial charge on any atom is -0.481 e. The van der Waals surface area contributed by atoms with Crippen molar-refractivity contribution in [3.63, 3.8) is 0 Å². The highest BCUT2D eigenvalue weighted by molar-refractivity contribution is 6.35. The predicted molar refractivity (Wildman–Crippen MR) is 97.1 cm³/mol. The first-order valence-electron chi connectivity index (χ1n) is 8.42. The van der Waals surface area contributed by atoms with E-state index >= 15 is 0 Å². The minimum atomic E-state index is -0.904. The normalized spacial score (nSPS) is 16.4. The quantitative estimate of drug-likeness (QED) is 0.774. The molecule has 1 aromatic rings. The van der Waals surface area contributed by atoms with E-state index in [9.17, 15) is 9.59 Å². The summed E-state index contributed by atoms with van der Waals surface area (Å²) >= 11 is 12.1. The molecule has 7 heteroatoms. The molecular formula is C18H23Cl2NO4. The van der Waals surface area contributed by atoms with Crippen LogP contribution in [0.4, 0.5) is 0 Å². The Kier molecular flexibility index (Phi) is 7.54. The lowest BCUT2D eigenvalue weighted by Crippen LogP contribution is -2.46. The number of amides is 1. The lowest BCUT2D eigenvalue weighted by Gasteiger charge is -2.35. The largest absolute Gasteiger partial charge is 0.481 e. The zero-order valence-electron chi connectivity index (χ0n) is 14.2. The second-order valence-electron chi connectivity index (χ2n) is 6.36. The molecule has 5 nitrogen and oxygen atoms in total. The Hall–Kier alpha value is -1.30. The summed E-state index contributed by atoms with van der Waals surface area (Å²) in [7, 11) is 0. The Bertz CT molecular complexity index is 617. The van der Waals surface area contributed by atoms with E-state index in [0.29, 0.717) is 29.7 Å². The zero-order chi connectivity index (χ0) is 18.4. The van der Waals surface area contributed by atoms with Crippen molar-refractivity contribution in [1.82, 2.24) is 4.90 Å². The molecule has 0 saturated carbocycles. The molecule has 1 aromatic carbocycles. The Morgan fingerprint density at radius 3 is 2.60 bits per heavy atom. The number of ether oxygens (including phenoxy) is 1. The number of nitrogens with zero attached hydrogens (tertiary/aromatic N) is 1. The number of benzene rings is 1. The molecule has 0 aliphatic carbocycles. The van der Waals surface area contributed by atoms with Crippen LogP contribution in [0.1, 0.15) is 31.7 Å². The second kappa shape index (κ2) is 9.41. The molecule has 1 N–H and O–H groups in total.